The van der Waals surface area contributed by atoms with E-state index in [-0.39, 0.29) is 5.91 Å². The molecule has 0 unspecified atom stereocenters. The third kappa shape index (κ3) is 3.70. The van der Waals surface area contributed by atoms with Crippen molar-refractivity contribution in [2.24, 2.45) is 0 Å². The number of aromatic nitrogens is 2. The fourth-order valence-electron chi connectivity index (χ4n) is 2.04. The van der Waals surface area contributed by atoms with Gasteiger partial charge in [-0.25, -0.2) is 4.68 Å². The third-order valence-corrected chi connectivity index (χ3v) is 3.28. The minimum atomic E-state index is -0.177. The molecule has 1 aromatic heterocycles. The zero-order valence-electron chi connectivity index (χ0n) is 13.0. The van der Waals surface area contributed by atoms with Crippen LogP contribution in [0.1, 0.15) is 35.5 Å². The summed E-state index contributed by atoms with van der Waals surface area (Å²) in [6.07, 6.45) is 1.81. The molecule has 2 aromatic rings. The fraction of sp³-hybridized carbons (Fsp3) is 0.375. The van der Waals surface area contributed by atoms with E-state index in [1.807, 2.05) is 13.1 Å². The van der Waals surface area contributed by atoms with E-state index in [0.717, 1.165) is 17.8 Å². The van der Waals surface area contributed by atoms with E-state index in [4.69, 9.17) is 0 Å². The largest absolute Gasteiger partial charge is 0.354 e. The summed E-state index contributed by atoms with van der Waals surface area (Å²) in [5, 5.41) is 10.3. The molecule has 2 N–H and O–H groups in total. The van der Waals surface area contributed by atoms with Gasteiger partial charge >= 0.3 is 0 Å². The average molecular weight is 286 g/mol. The summed E-state index contributed by atoms with van der Waals surface area (Å²) in [6, 6.07) is 8.45. The predicted molar refractivity (Wildman–Crippen MR) is 83.7 cm³/mol. The van der Waals surface area contributed by atoms with Crippen molar-refractivity contribution in [2.75, 3.05) is 7.05 Å². The molecule has 5 heteroatoms. The smallest absolute Gasteiger partial charge is 0.271 e. The second-order valence-electron chi connectivity index (χ2n) is 5.38. The van der Waals surface area contributed by atoms with Gasteiger partial charge < -0.3 is 10.6 Å². The van der Waals surface area contributed by atoms with Crippen LogP contribution in [0.2, 0.25) is 0 Å². The van der Waals surface area contributed by atoms with E-state index in [2.05, 4.69) is 47.8 Å². The summed E-state index contributed by atoms with van der Waals surface area (Å²) >= 11 is 0. The van der Waals surface area contributed by atoms with E-state index in [1.54, 1.807) is 17.8 Å². The number of nitrogens with one attached hydrogen (secondary N) is 2. The molecule has 0 atom stereocenters. The Morgan fingerprint density at radius 2 is 2.10 bits per heavy atom. The van der Waals surface area contributed by atoms with Crippen LogP contribution in [-0.4, -0.2) is 28.8 Å². The third-order valence-electron chi connectivity index (χ3n) is 3.28. The molecule has 1 aromatic carbocycles. The van der Waals surface area contributed by atoms with Crippen LogP contribution in [0.5, 0.6) is 0 Å². The Hall–Kier alpha value is -2.14. The van der Waals surface area contributed by atoms with Crippen LogP contribution in [0.25, 0.3) is 5.69 Å². The number of hydrogen-bond donors (Lipinski definition) is 2. The molecule has 0 spiro atoms. The van der Waals surface area contributed by atoms with Crippen molar-refractivity contribution in [3.63, 3.8) is 0 Å². The van der Waals surface area contributed by atoms with Crippen LogP contribution in [0, 0.1) is 6.92 Å². The van der Waals surface area contributed by atoms with Gasteiger partial charge in [-0.3, -0.25) is 4.79 Å². The molecule has 1 amide bonds. The lowest BCUT2D eigenvalue weighted by molar-refractivity contribution is 0.0957. The topological polar surface area (TPSA) is 59.0 Å². The van der Waals surface area contributed by atoms with Gasteiger partial charge in [0.15, 0.2) is 5.69 Å². The van der Waals surface area contributed by atoms with Crippen molar-refractivity contribution in [1.82, 2.24) is 20.4 Å². The highest BCUT2D eigenvalue weighted by Gasteiger charge is 2.10. The minimum absolute atomic E-state index is 0.177. The first-order valence-corrected chi connectivity index (χ1v) is 7.12. The summed E-state index contributed by atoms with van der Waals surface area (Å²) in [5.74, 6) is -0.177. The molecule has 0 radical (unpaired) electrons. The Labute approximate surface area is 125 Å². The first-order valence-electron chi connectivity index (χ1n) is 7.12. The maximum absolute atomic E-state index is 11.6. The Morgan fingerprint density at radius 3 is 2.76 bits per heavy atom. The van der Waals surface area contributed by atoms with Crippen LogP contribution in [0.3, 0.4) is 0 Å². The number of carbonyl (C=O) groups excluding carboxylic acids is 1. The standard InChI is InChI=1S/C16H22N4O/c1-11(2)18-10-13-6-5-12(3)15(9-13)20-8-7-14(19-20)16(21)17-4/h5-9,11,18H,10H2,1-4H3,(H,17,21). The molecule has 21 heavy (non-hydrogen) atoms. The number of rotatable bonds is 5. The first kappa shape index (κ1) is 15.3. The number of benzene rings is 1. The van der Waals surface area contributed by atoms with Crippen LogP contribution in [-0.2, 0) is 6.54 Å². The second-order valence-corrected chi connectivity index (χ2v) is 5.38. The Bertz CT molecular complexity index is 631. The van der Waals surface area contributed by atoms with Gasteiger partial charge in [-0.1, -0.05) is 26.0 Å². The maximum Gasteiger partial charge on any atom is 0.271 e. The molecule has 0 fully saturated rings. The maximum atomic E-state index is 11.6. The highest BCUT2D eigenvalue weighted by Crippen LogP contribution is 2.16. The van der Waals surface area contributed by atoms with Gasteiger partial charge in [0.05, 0.1) is 5.69 Å². The van der Waals surface area contributed by atoms with Gasteiger partial charge in [0.25, 0.3) is 5.91 Å². The Balaban J connectivity index is 2.27. The monoisotopic (exact) mass is 286 g/mol. The van der Waals surface area contributed by atoms with E-state index >= 15 is 0 Å². The molecule has 0 saturated heterocycles. The van der Waals surface area contributed by atoms with Gasteiger partial charge in [0.1, 0.15) is 0 Å². The van der Waals surface area contributed by atoms with Crippen molar-refractivity contribution in [2.45, 2.75) is 33.4 Å². The predicted octanol–water partition coefficient (Wildman–Crippen LogP) is 2.04. The molecule has 1 heterocycles. The molecule has 0 saturated carbocycles. The van der Waals surface area contributed by atoms with E-state index in [0.29, 0.717) is 11.7 Å². The van der Waals surface area contributed by atoms with Gasteiger partial charge in [0.2, 0.25) is 0 Å². The SMILES string of the molecule is CNC(=O)c1ccn(-c2cc(CNC(C)C)ccc2C)n1. The van der Waals surface area contributed by atoms with Gasteiger partial charge in [-0.15, -0.1) is 0 Å². The van der Waals surface area contributed by atoms with Crippen LogP contribution in [0.15, 0.2) is 30.5 Å². The molecular weight excluding hydrogens is 264 g/mol. The highest BCUT2D eigenvalue weighted by molar-refractivity contribution is 5.91. The fourth-order valence-corrected chi connectivity index (χ4v) is 2.04. The lowest BCUT2D eigenvalue weighted by atomic mass is 10.1. The highest BCUT2D eigenvalue weighted by atomic mass is 16.1. The van der Waals surface area contributed by atoms with Crippen molar-refractivity contribution >= 4 is 5.91 Å². The van der Waals surface area contributed by atoms with E-state index < -0.39 is 0 Å². The number of aryl methyl sites for hydroxylation is 1. The van der Waals surface area contributed by atoms with Crippen molar-refractivity contribution in [3.8, 4) is 5.69 Å². The molecule has 0 aliphatic heterocycles. The molecule has 5 nitrogen and oxygen atoms in total. The van der Waals surface area contributed by atoms with Gasteiger partial charge in [-0.2, -0.15) is 5.10 Å². The lowest BCUT2D eigenvalue weighted by Gasteiger charge is -2.11. The number of carbonyl (C=O) groups is 1. The summed E-state index contributed by atoms with van der Waals surface area (Å²) in [4.78, 5) is 11.6. The van der Waals surface area contributed by atoms with Crippen LogP contribution >= 0.6 is 0 Å². The molecule has 112 valence electrons. The molecule has 2 rings (SSSR count). The summed E-state index contributed by atoms with van der Waals surface area (Å²) in [7, 11) is 1.60. The Kier molecular flexibility index (Phi) is 4.75. The minimum Gasteiger partial charge on any atom is -0.354 e. The normalized spacial score (nSPS) is 10.9. The zero-order valence-corrected chi connectivity index (χ0v) is 13.0. The molecule has 0 aliphatic carbocycles. The average Bonchev–Trinajstić information content (AvgIpc) is 2.95. The lowest BCUT2D eigenvalue weighted by Crippen LogP contribution is -2.22. The summed E-state index contributed by atoms with van der Waals surface area (Å²) in [6.45, 7) is 7.10. The van der Waals surface area contributed by atoms with Crippen molar-refractivity contribution in [1.29, 1.82) is 0 Å². The van der Waals surface area contributed by atoms with Crippen molar-refractivity contribution in [3.05, 3.63) is 47.3 Å². The van der Waals surface area contributed by atoms with E-state index in [1.165, 1.54) is 5.56 Å². The number of amides is 1. The van der Waals surface area contributed by atoms with Crippen molar-refractivity contribution < 1.29 is 4.79 Å². The number of nitrogens with zero attached hydrogens (tertiary/aromatic N) is 2. The second kappa shape index (κ2) is 6.54. The van der Waals surface area contributed by atoms with Crippen LogP contribution in [0.4, 0.5) is 0 Å². The summed E-state index contributed by atoms with van der Waals surface area (Å²) < 4.78 is 1.75. The molecule has 0 bridgehead atoms. The quantitative estimate of drug-likeness (QED) is 0.884. The Morgan fingerprint density at radius 1 is 1.33 bits per heavy atom. The molecular formula is C16H22N4O. The first-order chi connectivity index (χ1) is 10.0. The zero-order chi connectivity index (χ0) is 15.4. The summed E-state index contributed by atoms with van der Waals surface area (Å²) in [5.41, 5.74) is 3.73. The molecule has 0 aliphatic rings. The number of hydrogen-bond acceptors (Lipinski definition) is 3. The van der Waals surface area contributed by atoms with Crippen LogP contribution < -0.4 is 10.6 Å². The van der Waals surface area contributed by atoms with Gasteiger partial charge in [-0.05, 0) is 30.2 Å². The van der Waals surface area contributed by atoms with Gasteiger partial charge in [0, 0.05) is 25.8 Å². The van der Waals surface area contributed by atoms with E-state index in [9.17, 15) is 4.79 Å².